The first-order valence-electron chi connectivity index (χ1n) is 10.4. The van der Waals surface area contributed by atoms with E-state index in [1.165, 1.54) is 42.9 Å². The van der Waals surface area contributed by atoms with Crippen LogP contribution in [0, 0.1) is 12.8 Å². The number of amides is 1. The smallest absolute Gasteiger partial charge is 0.330 e. The molecule has 3 rings (SSSR count). The molecule has 7 heteroatoms. The van der Waals surface area contributed by atoms with Crippen LogP contribution in [0.25, 0.3) is 0 Å². The average molecular weight is 389 g/mol. The van der Waals surface area contributed by atoms with Crippen LogP contribution in [0.1, 0.15) is 50.6 Å². The van der Waals surface area contributed by atoms with Crippen molar-refractivity contribution >= 4 is 11.6 Å². The molecule has 2 heterocycles. The third kappa shape index (κ3) is 4.23. The maximum absolute atomic E-state index is 12.6. The average Bonchev–Trinajstić information content (AvgIpc) is 2.72. The van der Waals surface area contributed by atoms with Gasteiger partial charge in [-0.2, -0.15) is 0 Å². The van der Waals surface area contributed by atoms with Crippen LogP contribution in [-0.2, 0) is 18.9 Å². The van der Waals surface area contributed by atoms with Crippen molar-refractivity contribution in [2.75, 3.05) is 24.5 Å². The first-order chi connectivity index (χ1) is 13.4. The Kier molecular flexibility index (Phi) is 6.42. The number of nitrogens with zero attached hydrogens (tertiary/aromatic N) is 3. The molecule has 0 saturated carbocycles. The number of hydrogen-bond acceptors (Lipinski definition) is 4. The zero-order valence-corrected chi connectivity index (χ0v) is 17.3. The van der Waals surface area contributed by atoms with Gasteiger partial charge in [0.2, 0.25) is 5.91 Å². The monoisotopic (exact) mass is 388 g/mol. The molecule has 0 radical (unpaired) electrons. The molecule has 1 N–H and O–H groups in total. The fraction of sp³-hybridized carbons (Fsp3) is 0.667. The summed E-state index contributed by atoms with van der Waals surface area (Å²) in [6.45, 7) is 3.82. The van der Waals surface area contributed by atoms with Crippen molar-refractivity contribution in [3.63, 3.8) is 0 Å². The highest BCUT2D eigenvalue weighted by atomic mass is 16.2. The SMILES string of the molecule is Cc1c(N2CCC(C(=O)NCCC3=CCCCC3)CC2)c(=O)n(C)c(=O)n1C. The van der Waals surface area contributed by atoms with Gasteiger partial charge in [0.25, 0.3) is 5.56 Å². The molecule has 0 bridgehead atoms. The second-order valence-corrected chi connectivity index (χ2v) is 8.05. The standard InChI is InChI=1S/C21H32N4O3/c1-15-18(20(27)24(3)21(28)23(15)2)25-13-10-17(11-14-25)19(26)22-12-9-16-7-5-4-6-8-16/h7,17H,4-6,8-14H2,1-3H3,(H,22,26). The van der Waals surface area contributed by atoms with Gasteiger partial charge in [-0.3, -0.25) is 18.7 Å². The fourth-order valence-corrected chi connectivity index (χ4v) is 4.28. The minimum atomic E-state index is -0.311. The molecule has 0 aromatic carbocycles. The molecule has 154 valence electrons. The van der Waals surface area contributed by atoms with Gasteiger partial charge in [0.1, 0.15) is 5.69 Å². The van der Waals surface area contributed by atoms with Gasteiger partial charge in [-0.1, -0.05) is 11.6 Å². The first kappa shape index (κ1) is 20.4. The van der Waals surface area contributed by atoms with Crippen molar-refractivity contribution in [3.8, 4) is 0 Å². The molecule has 7 nitrogen and oxygen atoms in total. The van der Waals surface area contributed by atoms with Gasteiger partial charge in [-0.05, 0) is 51.9 Å². The number of allylic oxidation sites excluding steroid dienone is 1. The second kappa shape index (κ2) is 8.80. The van der Waals surface area contributed by atoms with Gasteiger partial charge < -0.3 is 10.2 Å². The van der Waals surface area contributed by atoms with Crippen molar-refractivity contribution < 1.29 is 4.79 Å². The van der Waals surface area contributed by atoms with Crippen LogP contribution in [0.5, 0.6) is 0 Å². The minimum Gasteiger partial charge on any atom is -0.366 e. The molecular weight excluding hydrogens is 356 g/mol. The Hall–Kier alpha value is -2.31. The van der Waals surface area contributed by atoms with Crippen LogP contribution in [-0.4, -0.2) is 34.7 Å². The maximum Gasteiger partial charge on any atom is 0.330 e. The van der Waals surface area contributed by atoms with E-state index < -0.39 is 0 Å². The fourth-order valence-electron chi connectivity index (χ4n) is 4.28. The third-order valence-corrected chi connectivity index (χ3v) is 6.24. The topological polar surface area (TPSA) is 76.3 Å². The Morgan fingerprint density at radius 3 is 2.50 bits per heavy atom. The van der Waals surface area contributed by atoms with E-state index >= 15 is 0 Å². The molecular formula is C21H32N4O3. The number of aromatic nitrogens is 2. The number of anilines is 1. The predicted octanol–water partition coefficient (Wildman–Crippen LogP) is 1.62. The number of piperidine rings is 1. The molecule has 1 aromatic rings. The van der Waals surface area contributed by atoms with Crippen molar-refractivity contribution in [1.29, 1.82) is 0 Å². The molecule has 1 aliphatic carbocycles. The van der Waals surface area contributed by atoms with E-state index in [0.717, 1.165) is 23.8 Å². The van der Waals surface area contributed by atoms with Crippen LogP contribution in [0.4, 0.5) is 5.69 Å². The molecule has 0 atom stereocenters. The number of carbonyl (C=O) groups is 1. The third-order valence-electron chi connectivity index (χ3n) is 6.24. The maximum atomic E-state index is 12.6. The molecule has 1 aromatic heterocycles. The molecule has 1 aliphatic heterocycles. The molecule has 0 spiro atoms. The first-order valence-corrected chi connectivity index (χ1v) is 10.4. The zero-order valence-electron chi connectivity index (χ0n) is 17.3. The number of nitrogens with one attached hydrogen (secondary N) is 1. The Labute approximate surface area is 166 Å². The predicted molar refractivity (Wildman–Crippen MR) is 111 cm³/mol. The van der Waals surface area contributed by atoms with Crippen molar-refractivity contribution in [1.82, 2.24) is 14.5 Å². The Bertz CT molecular complexity index is 873. The van der Waals surface area contributed by atoms with Crippen molar-refractivity contribution in [2.45, 2.75) is 51.9 Å². The Balaban J connectivity index is 1.56. The summed E-state index contributed by atoms with van der Waals surface area (Å²) in [6.07, 6.45) is 9.62. The van der Waals surface area contributed by atoms with E-state index in [1.54, 1.807) is 14.0 Å². The van der Waals surface area contributed by atoms with E-state index in [1.807, 2.05) is 4.90 Å². The summed E-state index contributed by atoms with van der Waals surface area (Å²) in [6, 6.07) is 0. The van der Waals surface area contributed by atoms with Gasteiger partial charge in [-0.25, -0.2) is 4.79 Å². The van der Waals surface area contributed by atoms with Crippen LogP contribution in [0.2, 0.25) is 0 Å². The highest BCUT2D eigenvalue weighted by Gasteiger charge is 2.28. The lowest BCUT2D eigenvalue weighted by molar-refractivity contribution is -0.125. The highest BCUT2D eigenvalue weighted by molar-refractivity contribution is 5.79. The van der Waals surface area contributed by atoms with Gasteiger partial charge in [0.05, 0.1) is 0 Å². The lowest BCUT2D eigenvalue weighted by atomic mass is 9.94. The molecule has 0 unspecified atom stereocenters. The lowest BCUT2D eigenvalue weighted by Crippen LogP contribution is -2.46. The van der Waals surface area contributed by atoms with E-state index in [4.69, 9.17) is 0 Å². The normalized spacial score (nSPS) is 18.1. The largest absolute Gasteiger partial charge is 0.366 e. The minimum absolute atomic E-state index is 0.00623. The zero-order chi connectivity index (χ0) is 20.3. The van der Waals surface area contributed by atoms with E-state index in [-0.39, 0.29) is 23.1 Å². The summed E-state index contributed by atoms with van der Waals surface area (Å²) >= 11 is 0. The van der Waals surface area contributed by atoms with Gasteiger partial charge in [-0.15, -0.1) is 0 Å². The quantitative estimate of drug-likeness (QED) is 0.778. The van der Waals surface area contributed by atoms with Crippen molar-refractivity contribution in [2.24, 2.45) is 20.0 Å². The van der Waals surface area contributed by atoms with E-state index in [0.29, 0.717) is 31.0 Å². The second-order valence-electron chi connectivity index (χ2n) is 8.05. The summed E-state index contributed by atoms with van der Waals surface area (Å²) in [5, 5.41) is 3.09. The van der Waals surface area contributed by atoms with Gasteiger partial charge >= 0.3 is 5.69 Å². The summed E-state index contributed by atoms with van der Waals surface area (Å²) < 4.78 is 2.66. The summed E-state index contributed by atoms with van der Waals surface area (Å²) in [7, 11) is 3.19. The lowest BCUT2D eigenvalue weighted by Gasteiger charge is -2.33. The molecule has 1 amide bonds. The summed E-state index contributed by atoms with van der Waals surface area (Å²) in [5.74, 6) is 0.120. The molecule has 1 saturated heterocycles. The van der Waals surface area contributed by atoms with E-state index in [2.05, 4.69) is 11.4 Å². The Morgan fingerprint density at radius 1 is 1.14 bits per heavy atom. The van der Waals surface area contributed by atoms with Gasteiger partial charge in [0.15, 0.2) is 0 Å². The summed E-state index contributed by atoms with van der Waals surface area (Å²) in [5.41, 5.74) is 2.16. The van der Waals surface area contributed by atoms with Gasteiger partial charge in [0, 0.05) is 45.3 Å². The molecule has 28 heavy (non-hydrogen) atoms. The van der Waals surface area contributed by atoms with Crippen LogP contribution >= 0.6 is 0 Å². The molecule has 1 fully saturated rings. The number of rotatable bonds is 5. The number of hydrogen-bond donors (Lipinski definition) is 1. The highest BCUT2D eigenvalue weighted by Crippen LogP contribution is 2.23. The molecule has 2 aliphatic rings. The van der Waals surface area contributed by atoms with Crippen LogP contribution < -0.4 is 21.5 Å². The van der Waals surface area contributed by atoms with Crippen LogP contribution in [0.15, 0.2) is 21.2 Å². The van der Waals surface area contributed by atoms with E-state index in [9.17, 15) is 14.4 Å². The summed E-state index contributed by atoms with van der Waals surface area (Å²) in [4.78, 5) is 39.2. The van der Waals surface area contributed by atoms with Crippen LogP contribution in [0.3, 0.4) is 0 Å². The van der Waals surface area contributed by atoms with Crippen molar-refractivity contribution in [3.05, 3.63) is 38.2 Å². The Morgan fingerprint density at radius 2 is 1.86 bits per heavy atom. The number of carbonyl (C=O) groups excluding carboxylic acids is 1.